The number of halogens is 1. The molecule has 0 heterocycles. The van der Waals surface area contributed by atoms with Crippen LogP contribution in [-0.2, 0) is 0 Å². The van der Waals surface area contributed by atoms with E-state index in [-0.39, 0.29) is 40.0 Å². The van der Waals surface area contributed by atoms with E-state index in [0.29, 0.717) is 0 Å². The summed E-state index contributed by atoms with van der Waals surface area (Å²) in [5, 5.41) is 0. The molecule has 0 nitrogen and oxygen atoms in total. The fourth-order valence-corrected chi connectivity index (χ4v) is 0.897. The monoisotopic (exact) mass is 246 g/mol. The second kappa shape index (κ2) is 8.54. The van der Waals surface area contributed by atoms with Crippen LogP contribution < -0.4 is 17.0 Å². The molecule has 2 heteroatoms. The molecule has 0 saturated heterocycles. The van der Waals surface area contributed by atoms with Gasteiger partial charge in [-0.2, -0.15) is 24.8 Å². The zero-order valence-corrected chi connectivity index (χ0v) is 10.8. The summed E-state index contributed by atoms with van der Waals surface area (Å²) < 4.78 is 0. The summed E-state index contributed by atoms with van der Waals surface area (Å²) in [5.41, 5.74) is 2.47. The molecule has 0 aliphatic rings. The largest absolute Gasteiger partial charge is 2.00 e. The van der Waals surface area contributed by atoms with Crippen LogP contribution in [-0.4, -0.2) is 23.1 Å². The van der Waals surface area contributed by atoms with Crippen LogP contribution in [0.2, 0.25) is 0 Å². The maximum atomic E-state index is 3.56. The molecule has 64 valence electrons. The normalized spacial score (nSPS) is 8.69. The molecule has 0 N–H and O–H groups in total. The van der Waals surface area contributed by atoms with E-state index in [2.05, 4.69) is 31.7 Å². The van der Waals surface area contributed by atoms with Crippen molar-refractivity contribution in [2.75, 3.05) is 0 Å². The van der Waals surface area contributed by atoms with E-state index in [1.54, 1.807) is 6.08 Å². The Morgan fingerprint density at radius 2 is 1.92 bits per heavy atom. The van der Waals surface area contributed by atoms with Crippen LogP contribution in [0.25, 0.3) is 6.08 Å². The van der Waals surface area contributed by atoms with Gasteiger partial charge in [0.2, 0.25) is 0 Å². The molecule has 0 amide bonds. The molecular formula is C11H11BrMg. The van der Waals surface area contributed by atoms with Crippen LogP contribution in [0, 0.1) is 13.0 Å². The first kappa shape index (κ1) is 15.4. The Morgan fingerprint density at radius 1 is 1.31 bits per heavy atom. The minimum absolute atomic E-state index is 0. The average molecular weight is 247 g/mol. The van der Waals surface area contributed by atoms with E-state index in [4.69, 9.17) is 0 Å². The Bertz CT molecular complexity index is 279. The first-order valence-electron chi connectivity index (χ1n) is 3.60. The second-order valence-corrected chi connectivity index (χ2v) is 2.37. The summed E-state index contributed by atoms with van der Waals surface area (Å²) in [5.74, 6) is 0. The van der Waals surface area contributed by atoms with Gasteiger partial charge in [0.15, 0.2) is 0 Å². The van der Waals surface area contributed by atoms with Gasteiger partial charge in [0.25, 0.3) is 0 Å². The van der Waals surface area contributed by atoms with Gasteiger partial charge in [0, 0.05) is 0 Å². The summed E-state index contributed by atoms with van der Waals surface area (Å²) in [6, 6.07) is 8.19. The van der Waals surface area contributed by atoms with E-state index >= 15 is 0 Å². The van der Waals surface area contributed by atoms with Crippen molar-refractivity contribution in [1.82, 2.24) is 0 Å². The first-order chi connectivity index (χ1) is 5.34. The maximum absolute atomic E-state index is 3.56. The van der Waals surface area contributed by atoms with Gasteiger partial charge in [-0.05, 0) is 0 Å². The van der Waals surface area contributed by atoms with Crippen LogP contribution in [0.1, 0.15) is 11.1 Å². The number of benzene rings is 1. The molecule has 0 bridgehead atoms. The standard InChI is InChI=1S/C11H11.BrH.Mg/c1-3-4-8-11-9-6-5-7-10(11)2;;/h3,5-9H,1H2,2H3;1H;/q-1;;+2/p-1. The van der Waals surface area contributed by atoms with E-state index in [1.165, 1.54) is 11.1 Å². The number of rotatable bonds is 2. The molecule has 0 aromatic heterocycles. The molecular weight excluding hydrogens is 236 g/mol. The van der Waals surface area contributed by atoms with Crippen molar-refractivity contribution in [3.63, 3.8) is 0 Å². The van der Waals surface area contributed by atoms with Crippen molar-refractivity contribution in [3.05, 3.63) is 54.1 Å². The SMILES string of the molecule is C=C[C-]=Cc1ccccc1C.[Br-].[Mg+2]. The second-order valence-electron chi connectivity index (χ2n) is 2.37. The molecule has 0 unspecified atom stereocenters. The van der Waals surface area contributed by atoms with Gasteiger partial charge in [-0.3, -0.25) is 0 Å². The zero-order valence-electron chi connectivity index (χ0n) is 7.76. The number of aryl methyl sites for hydroxylation is 1. The Kier molecular flexibility index (Phi) is 10.1. The fraction of sp³-hybridized carbons (Fsp3) is 0.0909. The molecule has 1 aromatic rings. The molecule has 0 radical (unpaired) electrons. The molecule has 0 aliphatic carbocycles. The molecule has 0 atom stereocenters. The Hall–Kier alpha value is -0.0538. The van der Waals surface area contributed by atoms with Crippen molar-refractivity contribution < 1.29 is 17.0 Å². The molecule has 0 spiro atoms. The van der Waals surface area contributed by atoms with E-state index in [9.17, 15) is 0 Å². The summed E-state index contributed by atoms with van der Waals surface area (Å²) >= 11 is 0. The molecule has 1 aromatic carbocycles. The number of hydrogen-bond acceptors (Lipinski definition) is 0. The first-order valence-corrected chi connectivity index (χ1v) is 3.60. The average Bonchev–Trinajstić information content (AvgIpc) is 2.03. The van der Waals surface area contributed by atoms with Gasteiger partial charge in [0.05, 0.1) is 0 Å². The van der Waals surface area contributed by atoms with Crippen molar-refractivity contribution >= 4 is 29.1 Å². The van der Waals surface area contributed by atoms with Crippen LogP contribution in [0.15, 0.2) is 36.9 Å². The third-order valence-electron chi connectivity index (χ3n) is 1.55. The van der Waals surface area contributed by atoms with Crippen LogP contribution in [0.5, 0.6) is 0 Å². The number of allylic oxidation sites excluding steroid dienone is 2. The van der Waals surface area contributed by atoms with Crippen LogP contribution in [0.4, 0.5) is 0 Å². The van der Waals surface area contributed by atoms with Crippen LogP contribution in [0.3, 0.4) is 0 Å². The molecule has 0 fully saturated rings. The smallest absolute Gasteiger partial charge is 1.00 e. The summed E-state index contributed by atoms with van der Waals surface area (Å²) in [6.45, 7) is 5.64. The third kappa shape index (κ3) is 5.29. The summed E-state index contributed by atoms with van der Waals surface area (Å²) in [4.78, 5) is 0. The van der Waals surface area contributed by atoms with E-state index in [0.717, 1.165) is 0 Å². The zero-order chi connectivity index (χ0) is 8.10. The van der Waals surface area contributed by atoms with Crippen molar-refractivity contribution in [2.24, 2.45) is 0 Å². The Morgan fingerprint density at radius 3 is 2.46 bits per heavy atom. The van der Waals surface area contributed by atoms with Crippen molar-refractivity contribution in [2.45, 2.75) is 6.92 Å². The third-order valence-corrected chi connectivity index (χ3v) is 1.55. The van der Waals surface area contributed by atoms with Gasteiger partial charge < -0.3 is 17.0 Å². The minimum atomic E-state index is 0. The fourth-order valence-electron chi connectivity index (χ4n) is 0.897. The van der Waals surface area contributed by atoms with Gasteiger partial charge in [-0.1, -0.05) is 30.7 Å². The van der Waals surface area contributed by atoms with Crippen molar-refractivity contribution in [1.29, 1.82) is 0 Å². The summed E-state index contributed by atoms with van der Waals surface area (Å²) in [6.07, 6.45) is 6.54. The Balaban J connectivity index is 0. The number of hydrogen-bond donors (Lipinski definition) is 0. The molecule has 13 heavy (non-hydrogen) atoms. The van der Waals surface area contributed by atoms with Gasteiger partial charge in [-0.15, -0.1) is 11.6 Å². The molecule has 0 aliphatic heterocycles. The van der Waals surface area contributed by atoms with Gasteiger partial charge in [-0.25, -0.2) is 0 Å². The van der Waals surface area contributed by atoms with Crippen LogP contribution >= 0.6 is 0 Å². The predicted molar refractivity (Wildman–Crippen MR) is 54.8 cm³/mol. The minimum Gasteiger partial charge on any atom is -1.00 e. The van der Waals surface area contributed by atoms with Crippen molar-refractivity contribution in [3.8, 4) is 0 Å². The predicted octanol–water partition coefficient (Wildman–Crippen LogP) is -0.379. The Labute approximate surface area is 107 Å². The van der Waals surface area contributed by atoms with Gasteiger partial charge in [0.1, 0.15) is 0 Å². The topological polar surface area (TPSA) is 0 Å². The molecule has 1 rings (SSSR count). The molecule has 0 saturated carbocycles. The summed E-state index contributed by atoms with van der Waals surface area (Å²) in [7, 11) is 0. The quantitative estimate of drug-likeness (QED) is 0.380. The van der Waals surface area contributed by atoms with E-state index < -0.39 is 0 Å². The van der Waals surface area contributed by atoms with E-state index in [1.807, 2.05) is 18.2 Å². The maximum Gasteiger partial charge on any atom is 2.00 e. The van der Waals surface area contributed by atoms with Gasteiger partial charge >= 0.3 is 23.1 Å².